The smallest absolute Gasteiger partial charge is 0.432 e. The van der Waals surface area contributed by atoms with Crippen molar-refractivity contribution in [1.82, 2.24) is 0 Å². The van der Waals surface area contributed by atoms with Gasteiger partial charge in [-0.25, -0.2) is 4.79 Å². The van der Waals surface area contributed by atoms with E-state index >= 15 is 0 Å². The van der Waals surface area contributed by atoms with Crippen LogP contribution in [-0.4, -0.2) is 97.7 Å². The molecule has 0 aromatic rings. The Balaban J connectivity index is 3.13. The van der Waals surface area contributed by atoms with E-state index in [1.54, 1.807) is 7.11 Å². The summed E-state index contributed by atoms with van der Waals surface area (Å²) in [5.41, 5.74) is 0. The molecule has 9 nitrogen and oxygen atoms in total. The van der Waals surface area contributed by atoms with Crippen LogP contribution in [0.2, 0.25) is 0 Å². The van der Waals surface area contributed by atoms with Crippen molar-refractivity contribution in [3.05, 3.63) is 0 Å². The summed E-state index contributed by atoms with van der Waals surface area (Å²) >= 11 is 0. The topological polar surface area (TPSA) is 102 Å². The number of rotatable bonds is 17. The quantitative estimate of drug-likeness (QED) is 0.286. The fourth-order valence-electron chi connectivity index (χ4n) is 1.26. The largest absolute Gasteiger partial charge is 0.508 e. The van der Waals surface area contributed by atoms with Crippen molar-refractivity contribution < 1.29 is 43.1 Å². The zero-order valence-electron chi connectivity index (χ0n) is 13.7. The lowest BCUT2D eigenvalue weighted by Gasteiger charge is -2.08. The molecule has 0 bridgehead atoms. The Kier molecular flexibility index (Phi) is 18.3. The molecular weight excluding hydrogens is 312 g/mol. The molecule has 0 saturated carbocycles. The van der Waals surface area contributed by atoms with Crippen LogP contribution >= 0.6 is 0 Å². The van der Waals surface area contributed by atoms with E-state index in [0.29, 0.717) is 39.6 Å². The van der Waals surface area contributed by atoms with Gasteiger partial charge >= 0.3 is 6.16 Å². The molecule has 138 valence electrons. The van der Waals surface area contributed by atoms with E-state index in [1.165, 1.54) is 0 Å². The van der Waals surface area contributed by atoms with Gasteiger partial charge in [-0.1, -0.05) is 0 Å². The van der Waals surface area contributed by atoms with Gasteiger partial charge in [0, 0.05) is 7.11 Å². The van der Waals surface area contributed by atoms with E-state index in [9.17, 15) is 4.79 Å². The summed E-state index contributed by atoms with van der Waals surface area (Å²) in [4.78, 5) is 11.2. The Hall–Kier alpha value is -0.970. The standard InChI is InChI=1S/C14H28O9/c1-17-4-5-19-8-9-21-11-13-23-14(16)22-12-10-20-7-6-18-3-2-15/h15H,2-13H2,1H3. The van der Waals surface area contributed by atoms with Crippen LogP contribution in [0.3, 0.4) is 0 Å². The van der Waals surface area contributed by atoms with Crippen LogP contribution in [0.4, 0.5) is 4.79 Å². The van der Waals surface area contributed by atoms with Crippen LogP contribution in [0, 0.1) is 0 Å². The van der Waals surface area contributed by atoms with Crippen LogP contribution in [0.1, 0.15) is 0 Å². The molecule has 0 radical (unpaired) electrons. The van der Waals surface area contributed by atoms with Crippen molar-refractivity contribution in [3.63, 3.8) is 0 Å². The molecular formula is C14H28O9. The average Bonchev–Trinajstić information content (AvgIpc) is 2.56. The van der Waals surface area contributed by atoms with Crippen LogP contribution in [0.5, 0.6) is 0 Å². The lowest BCUT2D eigenvalue weighted by atomic mass is 10.7. The van der Waals surface area contributed by atoms with Crippen LogP contribution in [0.15, 0.2) is 0 Å². The first-order valence-electron chi connectivity index (χ1n) is 7.51. The molecule has 0 atom stereocenters. The Morgan fingerprint density at radius 1 is 0.652 bits per heavy atom. The molecule has 0 aliphatic heterocycles. The molecule has 23 heavy (non-hydrogen) atoms. The first kappa shape index (κ1) is 22.0. The van der Waals surface area contributed by atoms with Crippen LogP contribution < -0.4 is 0 Å². The molecule has 0 rings (SSSR count). The highest BCUT2D eigenvalue weighted by atomic mass is 16.7. The third kappa shape index (κ3) is 19.0. The summed E-state index contributed by atoms with van der Waals surface area (Å²) in [5.74, 6) is 0. The zero-order valence-corrected chi connectivity index (χ0v) is 13.7. The molecule has 0 spiro atoms. The van der Waals surface area contributed by atoms with E-state index < -0.39 is 6.16 Å². The molecule has 9 heteroatoms. The summed E-state index contributed by atoms with van der Waals surface area (Å²) in [6.07, 6.45) is -0.759. The highest BCUT2D eigenvalue weighted by Gasteiger charge is 2.03. The molecule has 0 aromatic carbocycles. The van der Waals surface area contributed by atoms with Crippen molar-refractivity contribution >= 4 is 6.16 Å². The monoisotopic (exact) mass is 340 g/mol. The Labute approximate surface area is 136 Å². The highest BCUT2D eigenvalue weighted by molar-refractivity contribution is 5.59. The predicted molar refractivity (Wildman–Crippen MR) is 79.5 cm³/mol. The van der Waals surface area contributed by atoms with Crippen LogP contribution in [-0.2, 0) is 33.2 Å². The lowest BCUT2D eigenvalue weighted by Crippen LogP contribution is -2.17. The van der Waals surface area contributed by atoms with Gasteiger partial charge in [0.25, 0.3) is 0 Å². The van der Waals surface area contributed by atoms with Gasteiger partial charge in [-0.15, -0.1) is 0 Å². The first-order valence-corrected chi connectivity index (χ1v) is 7.51. The van der Waals surface area contributed by atoms with E-state index in [1.807, 2.05) is 0 Å². The fourth-order valence-corrected chi connectivity index (χ4v) is 1.26. The second-order valence-electron chi connectivity index (χ2n) is 4.11. The molecule has 1 N–H and O–H groups in total. The maximum atomic E-state index is 11.2. The Bertz CT molecular complexity index is 250. The van der Waals surface area contributed by atoms with Gasteiger partial charge in [0.1, 0.15) is 13.2 Å². The van der Waals surface area contributed by atoms with Crippen molar-refractivity contribution in [1.29, 1.82) is 0 Å². The number of carbonyl (C=O) groups is 1. The second-order valence-corrected chi connectivity index (χ2v) is 4.11. The SMILES string of the molecule is COCCOCCOCCOC(=O)OCCOCCOCCO. The number of methoxy groups -OCH3 is 1. The maximum absolute atomic E-state index is 11.2. The van der Waals surface area contributed by atoms with Gasteiger partial charge < -0.3 is 38.3 Å². The number of carbonyl (C=O) groups excluding carboxylic acids is 1. The molecule has 0 aliphatic rings. The molecule has 0 amide bonds. The third-order valence-electron chi connectivity index (χ3n) is 2.31. The molecule has 0 aliphatic carbocycles. The normalized spacial score (nSPS) is 10.7. The number of hydrogen-bond donors (Lipinski definition) is 1. The summed E-state index contributed by atoms with van der Waals surface area (Å²) in [7, 11) is 1.61. The highest BCUT2D eigenvalue weighted by Crippen LogP contribution is 1.88. The molecule has 0 saturated heterocycles. The molecule has 0 aromatic heterocycles. The van der Waals surface area contributed by atoms with Crippen molar-refractivity contribution in [2.24, 2.45) is 0 Å². The third-order valence-corrected chi connectivity index (χ3v) is 2.31. The van der Waals surface area contributed by atoms with Gasteiger partial charge in [-0.3, -0.25) is 0 Å². The van der Waals surface area contributed by atoms with E-state index in [0.717, 1.165) is 0 Å². The van der Waals surface area contributed by atoms with E-state index in [2.05, 4.69) is 0 Å². The zero-order chi connectivity index (χ0) is 17.0. The summed E-state index contributed by atoms with van der Waals surface area (Å²) < 4.78 is 34.9. The number of aliphatic hydroxyl groups excluding tert-OH is 1. The first-order chi connectivity index (χ1) is 11.3. The van der Waals surface area contributed by atoms with Gasteiger partial charge in [-0.2, -0.15) is 0 Å². The van der Waals surface area contributed by atoms with Crippen molar-refractivity contribution in [2.75, 3.05) is 86.4 Å². The van der Waals surface area contributed by atoms with Crippen LogP contribution in [0.25, 0.3) is 0 Å². The predicted octanol–water partition coefficient (Wildman–Crippen LogP) is -0.155. The minimum Gasteiger partial charge on any atom is -0.432 e. The summed E-state index contributed by atoms with van der Waals surface area (Å²) in [6.45, 7) is 3.76. The second kappa shape index (κ2) is 19.1. The van der Waals surface area contributed by atoms with Gasteiger partial charge in [0.15, 0.2) is 0 Å². The summed E-state index contributed by atoms with van der Waals surface area (Å²) in [5, 5.41) is 8.47. The fraction of sp³-hybridized carbons (Fsp3) is 0.929. The molecule has 0 heterocycles. The number of ether oxygens (including phenoxy) is 7. The molecule has 0 unspecified atom stereocenters. The maximum Gasteiger partial charge on any atom is 0.508 e. The summed E-state index contributed by atoms with van der Waals surface area (Å²) in [6, 6.07) is 0. The minimum atomic E-state index is -0.759. The Morgan fingerprint density at radius 2 is 1.04 bits per heavy atom. The lowest BCUT2D eigenvalue weighted by molar-refractivity contribution is -0.0106. The van der Waals surface area contributed by atoms with E-state index in [-0.39, 0.29) is 39.6 Å². The van der Waals surface area contributed by atoms with Gasteiger partial charge in [0.05, 0.1) is 66.1 Å². The van der Waals surface area contributed by atoms with Gasteiger partial charge in [0.2, 0.25) is 0 Å². The number of hydrogen-bond acceptors (Lipinski definition) is 9. The van der Waals surface area contributed by atoms with Crippen molar-refractivity contribution in [2.45, 2.75) is 0 Å². The average molecular weight is 340 g/mol. The van der Waals surface area contributed by atoms with Crippen molar-refractivity contribution in [3.8, 4) is 0 Å². The minimum absolute atomic E-state index is 0.0144. The Morgan fingerprint density at radius 3 is 1.48 bits per heavy atom. The van der Waals surface area contributed by atoms with E-state index in [4.69, 9.17) is 38.3 Å². The molecule has 0 fully saturated rings. The van der Waals surface area contributed by atoms with Gasteiger partial charge in [-0.05, 0) is 0 Å². The number of aliphatic hydroxyl groups is 1.